The zero-order valence-electron chi connectivity index (χ0n) is 11.1. The number of hydrogen-bond acceptors (Lipinski definition) is 3. The molecule has 0 radical (unpaired) electrons. The maximum Gasteiger partial charge on any atom is 0.257 e. The Hall–Kier alpha value is -1.30. The number of halogens is 3. The number of rotatable bonds is 4. The molecule has 2 rings (SSSR count). The lowest BCUT2D eigenvalue weighted by molar-refractivity contribution is 0.102. The van der Waals surface area contributed by atoms with Crippen molar-refractivity contribution in [2.75, 3.05) is 17.2 Å². The molecule has 2 N–H and O–H groups in total. The molecule has 0 aliphatic rings. The minimum absolute atomic E-state index is 0.284. The molecule has 0 spiro atoms. The molecule has 1 heterocycles. The van der Waals surface area contributed by atoms with Crippen molar-refractivity contribution in [2.45, 2.75) is 6.92 Å². The quantitative estimate of drug-likeness (QED) is 0.737. The average Bonchev–Trinajstić information content (AvgIpc) is 2.49. The van der Waals surface area contributed by atoms with Crippen LogP contribution in [0.1, 0.15) is 17.3 Å². The van der Waals surface area contributed by atoms with Gasteiger partial charge in [0.15, 0.2) is 0 Å². The minimum atomic E-state index is -0.284. The van der Waals surface area contributed by atoms with Gasteiger partial charge in [0.1, 0.15) is 0 Å². The largest absolute Gasteiger partial charge is 0.383 e. The topological polar surface area (TPSA) is 54.0 Å². The van der Waals surface area contributed by atoms with Crippen LogP contribution in [-0.4, -0.2) is 17.4 Å². The van der Waals surface area contributed by atoms with Crippen molar-refractivity contribution in [3.8, 4) is 0 Å². The van der Waals surface area contributed by atoms with Crippen molar-refractivity contribution >= 4 is 56.4 Å². The van der Waals surface area contributed by atoms with Crippen molar-refractivity contribution in [3.05, 3.63) is 50.7 Å². The van der Waals surface area contributed by atoms with Crippen LogP contribution in [0.25, 0.3) is 0 Å². The third kappa shape index (κ3) is 3.67. The Labute approximate surface area is 141 Å². The van der Waals surface area contributed by atoms with E-state index in [0.29, 0.717) is 38.0 Å². The predicted octanol–water partition coefficient (Wildman–Crippen LogP) is 4.84. The fourth-order valence-corrected chi connectivity index (χ4v) is 2.56. The molecule has 0 saturated heterocycles. The van der Waals surface area contributed by atoms with Crippen molar-refractivity contribution in [1.82, 2.24) is 4.98 Å². The van der Waals surface area contributed by atoms with Crippen LogP contribution < -0.4 is 10.6 Å². The third-order valence-corrected chi connectivity index (χ3v) is 4.49. The van der Waals surface area contributed by atoms with Gasteiger partial charge in [0.25, 0.3) is 5.91 Å². The Bertz CT molecular complexity index is 679. The van der Waals surface area contributed by atoms with E-state index in [-0.39, 0.29) is 5.91 Å². The van der Waals surface area contributed by atoms with Gasteiger partial charge in [-0.2, -0.15) is 0 Å². The summed E-state index contributed by atoms with van der Waals surface area (Å²) in [6.07, 6.45) is 3.17. The van der Waals surface area contributed by atoms with E-state index < -0.39 is 0 Å². The van der Waals surface area contributed by atoms with Crippen LogP contribution in [0.5, 0.6) is 0 Å². The summed E-state index contributed by atoms with van der Waals surface area (Å²) >= 11 is 15.4. The number of anilines is 2. The first kappa shape index (κ1) is 16.1. The summed E-state index contributed by atoms with van der Waals surface area (Å²) in [5.74, 6) is -0.284. The number of benzene rings is 1. The Morgan fingerprint density at radius 3 is 2.71 bits per heavy atom. The molecule has 1 aromatic carbocycles. The minimum Gasteiger partial charge on any atom is -0.383 e. The smallest absolute Gasteiger partial charge is 0.257 e. The predicted molar refractivity (Wildman–Crippen MR) is 90.5 cm³/mol. The van der Waals surface area contributed by atoms with Crippen LogP contribution in [0.15, 0.2) is 35.1 Å². The van der Waals surface area contributed by atoms with Crippen LogP contribution in [-0.2, 0) is 0 Å². The van der Waals surface area contributed by atoms with Gasteiger partial charge >= 0.3 is 0 Å². The lowest BCUT2D eigenvalue weighted by Crippen LogP contribution is -2.15. The fourth-order valence-electron chi connectivity index (χ4n) is 1.74. The van der Waals surface area contributed by atoms with Crippen LogP contribution in [0.3, 0.4) is 0 Å². The average molecular weight is 389 g/mol. The molecule has 0 fully saturated rings. The van der Waals surface area contributed by atoms with Gasteiger partial charge in [-0.05, 0) is 41.1 Å². The molecule has 1 aromatic heterocycles. The number of carbonyl (C=O) groups is 1. The van der Waals surface area contributed by atoms with E-state index in [2.05, 4.69) is 31.5 Å². The first-order valence-corrected chi connectivity index (χ1v) is 7.72. The monoisotopic (exact) mass is 387 g/mol. The summed E-state index contributed by atoms with van der Waals surface area (Å²) < 4.78 is 0.671. The van der Waals surface area contributed by atoms with Crippen LogP contribution in [0.4, 0.5) is 11.4 Å². The molecule has 0 atom stereocenters. The summed E-state index contributed by atoms with van der Waals surface area (Å²) in [4.78, 5) is 16.4. The number of amides is 1. The molecule has 7 heteroatoms. The zero-order valence-corrected chi connectivity index (χ0v) is 14.2. The maximum absolute atomic E-state index is 12.4. The molecule has 0 aliphatic heterocycles. The van der Waals surface area contributed by atoms with Crippen molar-refractivity contribution in [2.24, 2.45) is 0 Å². The number of hydrogen-bond donors (Lipinski definition) is 2. The fraction of sp³-hybridized carbons (Fsp3) is 0.143. The van der Waals surface area contributed by atoms with Crippen molar-refractivity contribution < 1.29 is 4.79 Å². The molecule has 2 aromatic rings. The molecule has 4 nitrogen and oxygen atoms in total. The van der Waals surface area contributed by atoms with Gasteiger partial charge in [0.05, 0.1) is 33.2 Å². The molecule has 0 bridgehead atoms. The highest BCUT2D eigenvalue weighted by atomic mass is 79.9. The molecule has 110 valence electrons. The van der Waals surface area contributed by atoms with Gasteiger partial charge in [0.2, 0.25) is 0 Å². The molecular formula is C14H12BrCl2N3O. The van der Waals surface area contributed by atoms with E-state index in [0.717, 1.165) is 0 Å². The van der Waals surface area contributed by atoms with Gasteiger partial charge in [-0.25, -0.2) is 0 Å². The van der Waals surface area contributed by atoms with Gasteiger partial charge in [-0.15, -0.1) is 0 Å². The molecular weight excluding hydrogens is 377 g/mol. The van der Waals surface area contributed by atoms with Gasteiger partial charge in [0, 0.05) is 17.2 Å². The number of nitrogens with zero attached hydrogens (tertiary/aromatic N) is 1. The number of pyridine rings is 1. The summed E-state index contributed by atoms with van der Waals surface area (Å²) in [5, 5.41) is 6.49. The lowest BCUT2D eigenvalue weighted by atomic mass is 10.2. The highest BCUT2D eigenvalue weighted by molar-refractivity contribution is 9.10. The van der Waals surface area contributed by atoms with E-state index in [1.54, 1.807) is 30.6 Å². The lowest BCUT2D eigenvalue weighted by Gasteiger charge is -2.12. The van der Waals surface area contributed by atoms with E-state index in [9.17, 15) is 4.79 Å². The number of aromatic nitrogens is 1. The first-order chi connectivity index (χ1) is 10.0. The van der Waals surface area contributed by atoms with E-state index in [1.807, 2.05) is 6.92 Å². The van der Waals surface area contributed by atoms with E-state index in [4.69, 9.17) is 23.2 Å². The number of carbonyl (C=O) groups excluding carboxylic acids is 1. The second kappa shape index (κ2) is 7.11. The molecule has 0 saturated carbocycles. The van der Waals surface area contributed by atoms with Crippen LogP contribution in [0, 0.1) is 0 Å². The molecule has 1 amide bonds. The first-order valence-electron chi connectivity index (χ1n) is 6.17. The SMILES string of the molecule is CCNc1cnccc1C(=O)Nc1ccc(Br)c(Cl)c1Cl. The zero-order chi connectivity index (χ0) is 15.4. The molecule has 21 heavy (non-hydrogen) atoms. The standard InChI is InChI=1S/C14H12BrCl2N3O/c1-2-19-11-7-18-6-5-8(11)14(21)20-10-4-3-9(15)12(16)13(10)17/h3-7,19H,2H2,1H3,(H,20,21). The second-order valence-electron chi connectivity index (χ2n) is 4.13. The number of nitrogens with one attached hydrogen (secondary N) is 2. The van der Waals surface area contributed by atoms with Gasteiger partial charge < -0.3 is 10.6 Å². The Balaban J connectivity index is 2.29. The molecule has 0 aliphatic carbocycles. The van der Waals surface area contributed by atoms with Crippen molar-refractivity contribution in [1.29, 1.82) is 0 Å². The Morgan fingerprint density at radius 1 is 1.24 bits per heavy atom. The van der Waals surface area contributed by atoms with Gasteiger partial charge in [-0.3, -0.25) is 9.78 Å². The normalized spacial score (nSPS) is 10.3. The summed E-state index contributed by atoms with van der Waals surface area (Å²) in [5.41, 5.74) is 1.60. The summed E-state index contributed by atoms with van der Waals surface area (Å²) in [6.45, 7) is 2.64. The van der Waals surface area contributed by atoms with E-state index in [1.165, 1.54) is 0 Å². The Morgan fingerprint density at radius 2 is 2.00 bits per heavy atom. The third-order valence-electron chi connectivity index (χ3n) is 2.72. The summed E-state index contributed by atoms with van der Waals surface area (Å²) in [6, 6.07) is 5.05. The summed E-state index contributed by atoms with van der Waals surface area (Å²) in [7, 11) is 0. The van der Waals surface area contributed by atoms with Gasteiger partial charge in [-0.1, -0.05) is 23.2 Å². The van der Waals surface area contributed by atoms with Crippen LogP contribution in [0.2, 0.25) is 10.0 Å². The van der Waals surface area contributed by atoms with E-state index >= 15 is 0 Å². The Kier molecular flexibility index (Phi) is 5.45. The second-order valence-corrected chi connectivity index (χ2v) is 5.74. The molecule has 0 unspecified atom stereocenters. The van der Waals surface area contributed by atoms with Crippen LogP contribution >= 0.6 is 39.1 Å². The highest BCUT2D eigenvalue weighted by Gasteiger charge is 2.15. The maximum atomic E-state index is 12.4. The van der Waals surface area contributed by atoms with Crippen molar-refractivity contribution in [3.63, 3.8) is 0 Å². The highest BCUT2D eigenvalue weighted by Crippen LogP contribution is 2.36.